The molecular formula is C23H30ClN3O. The molecule has 3 rings (SSSR count). The Hall–Kier alpha value is -1.91. The van der Waals surface area contributed by atoms with E-state index in [1.165, 1.54) is 5.56 Å². The van der Waals surface area contributed by atoms with Gasteiger partial charge in [-0.2, -0.15) is 0 Å². The number of halogens is 1. The van der Waals surface area contributed by atoms with E-state index < -0.39 is 0 Å². The van der Waals surface area contributed by atoms with Crippen molar-refractivity contribution in [3.63, 3.8) is 0 Å². The fourth-order valence-electron chi connectivity index (χ4n) is 3.70. The van der Waals surface area contributed by atoms with Gasteiger partial charge >= 0.3 is 0 Å². The molecule has 0 aliphatic carbocycles. The van der Waals surface area contributed by atoms with Gasteiger partial charge in [-0.15, -0.1) is 0 Å². The van der Waals surface area contributed by atoms with E-state index in [2.05, 4.69) is 30.1 Å². The summed E-state index contributed by atoms with van der Waals surface area (Å²) in [5.41, 5.74) is 3.83. The van der Waals surface area contributed by atoms with Gasteiger partial charge in [0.05, 0.1) is 11.3 Å². The lowest BCUT2D eigenvalue weighted by atomic mass is 9.89. The number of nitrogens with one attached hydrogen (secondary N) is 1. The molecule has 1 saturated heterocycles. The molecule has 1 aromatic carbocycles. The van der Waals surface area contributed by atoms with E-state index in [0.717, 1.165) is 54.4 Å². The monoisotopic (exact) mass is 399 g/mol. The first-order chi connectivity index (χ1) is 13.4. The lowest BCUT2D eigenvalue weighted by molar-refractivity contribution is 0.0946. The minimum atomic E-state index is -0.00491. The molecule has 2 aromatic rings. The number of aromatic nitrogens is 1. The first-order valence-corrected chi connectivity index (χ1v) is 10.5. The number of pyridine rings is 1. The highest BCUT2D eigenvalue weighted by Gasteiger charge is 2.26. The normalized spacial score (nSPS) is 15.8. The largest absolute Gasteiger partial charge is 0.352 e. The van der Waals surface area contributed by atoms with E-state index in [1.807, 2.05) is 37.3 Å². The molecule has 1 amide bonds. The highest BCUT2D eigenvalue weighted by molar-refractivity contribution is 6.31. The molecule has 4 nitrogen and oxygen atoms in total. The molecule has 1 aliphatic rings. The van der Waals surface area contributed by atoms with E-state index >= 15 is 0 Å². The van der Waals surface area contributed by atoms with E-state index in [1.54, 1.807) is 0 Å². The summed E-state index contributed by atoms with van der Waals surface area (Å²) < 4.78 is 0. The molecule has 1 N–H and O–H groups in total. The third kappa shape index (κ3) is 5.33. The molecule has 150 valence electrons. The van der Waals surface area contributed by atoms with Gasteiger partial charge in [0.1, 0.15) is 0 Å². The highest BCUT2D eigenvalue weighted by Crippen LogP contribution is 2.30. The van der Waals surface area contributed by atoms with Crippen LogP contribution in [0.1, 0.15) is 59.9 Å². The Morgan fingerprint density at radius 1 is 1.21 bits per heavy atom. The number of carbonyl (C=O) groups excluding carboxylic acids is 1. The maximum atomic E-state index is 12.7. The van der Waals surface area contributed by atoms with Crippen LogP contribution in [-0.2, 0) is 6.54 Å². The van der Waals surface area contributed by atoms with E-state index in [-0.39, 0.29) is 5.91 Å². The Labute approximate surface area is 173 Å². The molecule has 0 radical (unpaired) electrons. The van der Waals surface area contributed by atoms with E-state index in [4.69, 9.17) is 16.6 Å². The third-order valence-electron chi connectivity index (χ3n) is 5.31. The Kier molecular flexibility index (Phi) is 7.08. The fourth-order valence-corrected chi connectivity index (χ4v) is 3.90. The maximum absolute atomic E-state index is 12.7. The van der Waals surface area contributed by atoms with Crippen LogP contribution < -0.4 is 5.32 Å². The summed E-state index contributed by atoms with van der Waals surface area (Å²) in [6, 6.07) is 11.9. The SMILES string of the molecule is Cc1ccc(C(=O)NCC(C)C)c(C2CCN(Cc3ccccc3Cl)CC2)n1. The van der Waals surface area contributed by atoms with Gasteiger partial charge in [0.15, 0.2) is 0 Å². The van der Waals surface area contributed by atoms with Crippen LogP contribution in [0.15, 0.2) is 36.4 Å². The molecule has 5 heteroatoms. The number of aryl methyl sites for hydroxylation is 1. The average molecular weight is 400 g/mol. The van der Waals surface area contributed by atoms with Gasteiger partial charge in [-0.3, -0.25) is 14.7 Å². The molecule has 0 saturated carbocycles. The van der Waals surface area contributed by atoms with Crippen molar-refractivity contribution >= 4 is 17.5 Å². The second-order valence-corrected chi connectivity index (χ2v) is 8.54. The van der Waals surface area contributed by atoms with Crippen molar-refractivity contribution in [3.8, 4) is 0 Å². The zero-order valence-corrected chi connectivity index (χ0v) is 17.8. The van der Waals surface area contributed by atoms with Crippen LogP contribution in [0.3, 0.4) is 0 Å². The van der Waals surface area contributed by atoms with Gasteiger partial charge in [-0.25, -0.2) is 0 Å². The van der Waals surface area contributed by atoms with Crippen molar-refractivity contribution in [2.24, 2.45) is 5.92 Å². The van der Waals surface area contributed by atoms with Crippen LogP contribution in [0.2, 0.25) is 5.02 Å². The summed E-state index contributed by atoms with van der Waals surface area (Å²) in [4.78, 5) is 19.9. The Bertz CT molecular complexity index is 813. The van der Waals surface area contributed by atoms with Crippen LogP contribution >= 0.6 is 11.6 Å². The first-order valence-electron chi connectivity index (χ1n) is 10.2. The Morgan fingerprint density at radius 3 is 2.61 bits per heavy atom. The molecule has 0 bridgehead atoms. The number of hydrogen-bond donors (Lipinski definition) is 1. The molecule has 1 fully saturated rings. The highest BCUT2D eigenvalue weighted by atomic mass is 35.5. The number of rotatable bonds is 6. The number of likely N-dealkylation sites (tertiary alicyclic amines) is 1. The van der Waals surface area contributed by atoms with Crippen LogP contribution in [0.4, 0.5) is 0 Å². The second kappa shape index (κ2) is 9.53. The van der Waals surface area contributed by atoms with Crippen molar-refractivity contribution in [2.45, 2.75) is 46.1 Å². The number of nitrogens with zero attached hydrogens (tertiary/aromatic N) is 2. The summed E-state index contributed by atoms with van der Waals surface area (Å²) in [5, 5.41) is 3.87. The summed E-state index contributed by atoms with van der Waals surface area (Å²) in [5.74, 6) is 0.746. The molecule has 28 heavy (non-hydrogen) atoms. The number of amides is 1. The van der Waals surface area contributed by atoms with Gasteiger partial charge < -0.3 is 5.32 Å². The topological polar surface area (TPSA) is 45.2 Å². The number of piperidine rings is 1. The number of carbonyl (C=O) groups is 1. The standard InChI is InChI=1S/C23H30ClN3O/c1-16(2)14-25-23(28)20-9-8-17(3)26-22(20)18-10-12-27(13-11-18)15-19-6-4-5-7-21(19)24/h4-9,16,18H,10-15H2,1-3H3,(H,25,28). The van der Waals surface area contributed by atoms with Crippen LogP contribution in [0, 0.1) is 12.8 Å². The van der Waals surface area contributed by atoms with Crippen molar-refractivity contribution in [3.05, 3.63) is 63.9 Å². The predicted octanol–water partition coefficient (Wildman–Crippen LogP) is 4.81. The van der Waals surface area contributed by atoms with Crippen molar-refractivity contribution in [1.82, 2.24) is 15.2 Å². The fraction of sp³-hybridized carbons (Fsp3) is 0.478. The minimum Gasteiger partial charge on any atom is -0.352 e. The maximum Gasteiger partial charge on any atom is 0.253 e. The van der Waals surface area contributed by atoms with Gasteiger partial charge in [0, 0.05) is 29.7 Å². The van der Waals surface area contributed by atoms with Crippen LogP contribution in [-0.4, -0.2) is 35.4 Å². The zero-order chi connectivity index (χ0) is 20.1. The first kappa shape index (κ1) is 20.8. The summed E-state index contributed by atoms with van der Waals surface area (Å²) in [6.45, 7) is 9.72. The predicted molar refractivity (Wildman–Crippen MR) is 115 cm³/mol. The Morgan fingerprint density at radius 2 is 1.93 bits per heavy atom. The molecule has 0 unspecified atom stereocenters. The number of benzene rings is 1. The smallest absolute Gasteiger partial charge is 0.253 e. The molecule has 0 spiro atoms. The minimum absolute atomic E-state index is 0.00491. The zero-order valence-electron chi connectivity index (χ0n) is 17.0. The van der Waals surface area contributed by atoms with Gasteiger partial charge in [-0.1, -0.05) is 43.6 Å². The van der Waals surface area contributed by atoms with E-state index in [9.17, 15) is 4.79 Å². The lowest BCUT2D eigenvalue weighted by Crippen LogP contribution is -2.34. The molecule has 2 heterocycles. The quantitative estimate of drug-likeness (QED) is 0.758. The van der Waals surface area contributed by atoms with Gasteiger partial charge in [0.25, 0.3) is 5.91 Å². The lowest BCUT2D eigenvalue weighted by Gasteiger charge is -2.32. The van der Waals surface area contributed by atoms with Crippen LogP contribution in [0.5, 0.6) is 0 Å². The third-order valence-corrected chi connectivity index (χ3v) is 5.67. The van der Waals surface area contributed by atoms with Crippen molar-refractivity contribution in [1.29, 1.82) is 0 Å². The molecule has 1 aliphatic heterocycles. The molecule has 0 atom stereocenters. The summed E-state index contributed by atoms with van der Waals surface area (Å²) in [7, 11) is 0. The van der Waals surface area contributed by atoms with Gasteiger partial charge in [0.2, 0.25) is 0 Å². The molecular weight excluding hydrogens is 370 g/mol. The van der Waals surface area contributed by atoms with Gasteiger partial charge in [-0.05, 0) is 62.5 Å². The Balaban J connectivity index is 1.67. The van der Waals surface area contributed by atoms with Crippen molar-refractivity contribution in [2.75, 3.05) is 19.6 Å². The number of hydrogen-bond acceptors (Lipinski definition) is 3. The van der Waals surface area contributed by atoms with E-state index in [0.29, 0.717) is 18.4 Å². The van der Waals surface area contributed by atoms with Crippen molar-refractivity contribution < 1.29 is 4.79 Å². The van der Waals surface area contributed by atoms with Crippen LogP contribution in [0.25, 0.3) is 0 Å². The summed E-state index contributed by atoms with van der Waals surface area (Å²) >= 11 is 6.31. The molecule has 1 aromatic heterocycles. The summed E-state index contributed by atoms with van der Waals surface area (Å²) in [6.07, 6.45) is 2.01. The second-order valence-electron chi connectivity index (χ2n) is 8.13. The average Bonchev–Trinajstić information content (AvgIpc) is 2.68.